The van der Waals surface area contributed by atoms with Gasteiger partial charge in [0.05, 0.1) is 6.04 Å². The number of rotatable bonds is 7. The monoisotopic (exact) mass is 186 g/mol. The minimum Gasteiger partial charge on any atom is -0.358 e. The Hall–Kier alpha value is -0.570. The molecule has 13 heavy (non-hydrogen) atoms. The van der Waals surface area contributed by atoms with Gasteiger partial charge in [0.15, 0.2) is 0 Å². The van der Waals surface area contributed by atoms with Gasteiger partial charge < -0.3 is 10.6 Å². The number of nitrogens with one attached hydrogen (secondary N) is 2. The molecule has 0 fully saturated rings. The normalized spacial score (nSPS) is 12.5. The number of unbranched alkanes of at least 4 members (excludes halogenated alkanes) is 3. The third-order valence-electron chi connectivity index (χ3n) is 2.12. The smallest absolute Gasteiger partial charge is 0.236 e. The number of carbonyl (C=O) groups excluding carboxylic acids is 1. The van der Waals surface area contributed by atoms with Crippen LogP contribution in [0, 0.1) is 0 Å². The van der Waals surface area contributed by atoms with Crippen LogP contribution in [-0.4, -0.2) is 25.5 Å². The molecule has 3 nitrogen and oxygen atoms in total. The number of carbonyl (C=O) groups is 1. The number of amides is 1. The largest absolute Gasteiger partial charge is 0.358 e. The van der Waals surface area contributed by atoms with Crippen molar-refractivity contribution < 1.29 is 4.79 Å². The van der Waals surface area contributed by atoms with Crippen LogP contribution < -0.4 is 10.6 Å². The maximum Gasteiger partial charge on any atom is 0.236 e. The second-order valence-electron chi connectivity index (χ2n) is 3.35. The Balaban J connectivity index is 3.26. The second kappa shape index (κ2) is 8.05. The Morgan fingerprint density at radius 1 is 1.31 bits per heavy atom. The van der Waals surface area contributed by atoms with Gasteiger partial charge in [0.25, 0.3) is 0 Å². The Morgan fingerprint density at radius 3 is 2.54 bits per heavy atom. The summed E-state index contributed by atoms with van der Waals surface area (Å²) in [4.78, 5) is 11.1. The molecule has 0 aliphatic heterocycles. The molecule has 0 bridgehead atoms. The Kier molecular flexibility index (Phi) is 7.69. The molecular weight excluding hydrogens is 164 g/mol. The van der Waals surface area contributed by atoms with E-state index in [0.717, 1.165) is 13.0 Å². The molecule has 1 unspecified atom stereocenters. The minimum atomic E-state index is -0.0633. The van der Waals surface area contributed by atoms with Crippen LogP contribution in [0.5, 0.6) is 0 Å². The van der Waals surface area contributed by atoms with Gasteiger partial charge in [0, 0.05) is 7.05 Å². The molecule has 0 heterocycles. The summed E-state index contributed by atoms with van der Waals surface area (Å²) in [5, 5.41) is 5.80. The lowest BCUT2D eigenvalue weighted by Gasteiger charge is -2.11. The van der Waals surface area contributed by atoms with E-state index in [1.807, 2.05) is 6.92 Å². The molecule has 2 N–H and O–H groups in total. The van der Waals surface area contributed by atoms with Gasteiger partial charge in [-0.1, -0.05) is 26.2 Å². The van der Waals surface area contributed by atoms with Gasteiger partial charge in [-0.25, -0.2) is 0 Å². The lowest BCUT2D eigenvalue weighted by molar-refractivity contribution is -0.122. The second-order valence-corrected chi connectivity index (χ2v) is 3.35. The molecule has 78 valence electrons. The molecule has 0 aromatic carbocycles. The first-order valence-electron chi connectivity index (χ1n) is 5.17. The summed E-state index contributed by atoms with van der Waals surface area (Å²) in [6, 6.07) is -0.0633. The molecule has 3 heteroatoms. The summed E-state index contributed by atoms with van der Waals surface area (Å²) in [5.41, 5.74) is 0. The molecule has 0 aromatic rings. The van der Waals surface area contributed by atoms with Crippen LogP contribution in [0.25, 0.3) is 0 Å². The van der Waals surface area contributed by atoms with Gasteiger partial charge in [0.2, 0.25) is 5.91 Å². The number of hydrogen-bond donors (Lipinski definition) is 2. The van der Waals surface area contributed by atoms with Crippen LogP contribution >= 0.6 is 0 Å². The molecule has 0 spiro atoms. The quantitative estimate of drug-likeness (QED) is 0.588. The SMILES string of the molecule is CCCCCCNC(C)C(=O)NC. The highest BCUT2D eigenvalue weighted by Crippen LogP contribution is 1.97. The topological polar surface area (TPSA) is 41.1 Å². The molecule has 0 saturated heterocycles. The summed E-state index contributed by atoms with van der Waals surface area (Å²) in [6.07, 6.45) is 4.96. The van der Waals surface area contributed by atoms with Crippen LogP contribution in [-0.2, 0) is 4.79 Å². The van der Waals surface area contributed by atoms with Crippen LogP contribution in [0.1, 0.15) is 39.5 Å². The Labute approximate surface area is 81.3 Å². The van der Waals surface area contributed by atoms with E-state index < -0.39 is 0 Å². The summed E-state index contributed by atoms with van der Waals surface area (Å²) in [6.45, 7) is 5.02. The average Bonchev–Trinajstić information content (AvgIpc) is 2.16. The molecule has 0 aromatic heterocycles. The van der Waals surface area contributed by atoms with Crippen molar-refractivity contribution in [2.45, 2.75) is 45.6 Å². The van der Waals surface area contributed by atoms with Crippen molar-refractivity contribution in [1.82, 2.24) is 10.6 Å². The van der Waals surface area contributed by atoms with Crippen molar-refractivity contribution in [3.05, 3.63) is 0 Å². The van der Waals surface area contributed by atoms with Crippen molar-refractivity contribution in [1.29, 1.82) is 0 Å². The molecule has 0 aliphatic rings. The van der Waals surface area contributed by atoms with Gasteiger partial charge >= 0.3 is 0 Å². The van der Waals surface area contributed by atoms with Gasteiger partial charge in [-0.2, -0.15) is 0 Å². The van der Waals surface area contributed by atoms with Gasteiger partial charge in [-0.05, 0) is 19.9 Å². The van der Waals surface area contributed by atoms with Gasteiger partial charge in [-0.15, -0.1) is 0 Å². The lowest BCUT2D eigenvalue weighted by Crippen LogP contribution is -2.40. The summed E-state index contributed by atoms with van der Waals surface area (Å²) < 4.78 is 0. The molecule has 0 radical (unpaired) electrons. The highest BCUT2D eigenvalue weighted by Gasteiger charge is 2.08. The highest BCUT2D eigenvalue weighted by atomic mass is 16.2. The maximum absolute atomic E-state index is 11.1. The van der Waals surface area contributed by atoms with Gasteiger partial charge in [-0.3, -0.25) is 4.79 Å². The first-order valence-corrected chi connectivity index (χ1v) is 5.17. The fourth-order valence-electron chi connectivity index (χ4n) is 1.18. The van der Waals surface area contributed by atoms with Crippen molar-refractivity contribution >= 4 is 5.91 Å². The van der Waals surface area contributed by atoms with Crippen LogP contribution in [0.3, 0.4) is 0 Å². The van der Waals surface area contributed by atoms with E-state index in [1.54, 1.807) is 7.05 Å². The zero-order valence-corrected chi connectivity index (χ0v) is 9.02. The van der Waals surface area contributed by atoms with Crippen LogP contribution in [0.2, 0.25) is 0 Å². The van der Waals surface area contributed by atoms with Crippen molar-refractivity contribution in [3.63, 3.8) is 0 Å². The lowest BCUT2D eigenvalue weighted by atomic mass is 10.2. The first-order chi connectivity index (χ1) is 6.22. The number of likely N-dealkylation sites (N-methyl/N-ethyl adjacent to an activating group) is 1. The molecule has 0 rings (SSSR count). The Bertz CT molecular complexity index is 137. The third kappa shape index (κ3) is 6.58. The van der Waals surface area contributed by atoms with E-state index in [-0.39, 0.29) is 11.9 Å². The zero-order chi connectivity index (χ0) is 10.1. The Morgan fingerprint density at radius 2 is 2.00 bits per heavy atom. The van der Waals surface area contributed by atoms with Crippen molar-refractivity contribution in [2.24, 2.45) is 0 Å². The van der Waals surface area contributed by atoms with E-state index in [4.69, 9.17) is 0 Å². The average molecular weight is 186 g/mol. The molecule has 1 atom stereocenters. The van der Waals surface area contributed by atoms with E-state index in [1.165, 1.54) is 19.3 Å². The molecular formula is C10H22N2O. The van der Waals surface area contributed by atoms with Crippen LogP contribution in [0.4, 0.5) is 0 Å². The first kappa shape index (κ1) is 12.4. The third-order valence-corrected chi connectivity index (χ3v) is 2.12. The molecule has 1 amide bonds. The van der Waals surface area contributed by atoms with Crippen LogP contribution in [0.15, 0.2) is 0 Å². The predicted molar refractivity (Wildman–Crippen MR) is 55.7 cm³/mol. The summed E-state index contributed by atoms with van der Waals surface area (Å²) in [5.74, 6) is 0.0653. The number of hydrogen-bond acceptors (Lipinski definition) is 2. The zero-order valence-electron chi connectivity index (χ0n) is 9.02. The molecule has 0 saturated carbocycles. The van der Waals surface area contributed by atoms with E-state index in [9.17, 15) is 4.79 Å². The fourth-order valence-corrected chi connectivity index (χ4v) is 1.18. The molecule has 0 aliphatic carbocycles. The minimum absolute atomic E-state index is 0.0633. The highest BCUT2D eigenvalue weighted by molar-refractivity contribution is 5.80. The predicted octanol–water partition coefficient (Wildman–Crippen LogP) is 1.29. The summed E-state index contributed by atoms with van der Waals surface area (Å²) >= 11 is 0. The van der Waals surface area contributed by atoms with Gasteiger partial charge in [0.1, 0.15) is 0 Å². The maximum atomic E-state index is 11.1. The van der Waals surface area contributed by atoms with E-state index in [0.29, 0.717) is 0 Å². The summed E-state index contributed by atoms with van der Waals surface area (Å²) in [7, 11) is 1.66. The van der Waals surface area contributed by atoms with E-state index in [2.05, 4.69) is 17.6 Å². The van der Waals surface area contributed by atoms with Crippen molar-refractivity contribution in [2.75, 3.05) is 13.6 Å². The van der Waals surface area contributed by atoms with Crippen molar-refractivity contribution in [3.8, 4) is 0 Å². The fraction of sp³-hybridized carbons (Fsp3) is 0.900. The standard InChI is InChI=1S/C10H22N2O/c1-4-5-6-7-8-12-9(2)10(13)11-3/h9,12H,4-8H2,1-3H3,(H,11,13). The van der Waals surface area contributed by atoms with E-state index >= 15 is 0 Å².